The standard InChI is InChI=1S/C17H32N4O3S/c1-14-6-10-20(11-7-14)25(23,24)21-9-3-4-15(13-21)12-19-17(22)16-5-2-8-18-16/h14-16,18H,2-13H2,1H3,(H,19,22). The van der Waals surface area contributed by atoms with E-state index in [0.717, 1.165) is 45.1 Å². The number of nitrogens with zero attached hydrogens (tertiary/aromatic N) is 2. The normalized spacial score (nSPS) is 30.4. The van der Waals surface area contributed by atoms with Gasteiger partial charge in [0.1, 0.15) is 0 Å². The minimum Gasteiger partial charge on any atom is -0.354 e. The topological polar surface area (TPSA) is 81.8 Å². The molecular formula is C17H32N4O3S. The number of carbonyl (C=O) groups is 1. The molecule has 3 rings (SSSR count). The fourth-order valence-electron chi connectivity index (χ4n) is 4.06. The van der Waals surface area contributed by atoms with Gasteiger partial charge in [-0.1, -0.05) is 6.92 Å². The van der Waals surface area contributed by atoms with Gasteiger partial charge in [-0.3, -0.25) is 4.79 Å². The Morgan fingerprint density at radius 3 is 2.52 bits per heavy atom. The molecule has 0 spiro atoms. The number of hydrogen-bond donors (Lipinski definition) is 2. The summed E-state index contributed by atoms with van der Waals surface area (Å²) in [4.78, 5) is 12.1. The third kappa shape index (κ3) is 4.72. The Morgan fingerprint density at radius 1 is 1.08 bits per heavy atom. The van der Waals surface area contributed by atoms with Crippen LogP contribution in [0.1, 0.15) is 45.4 Å². The van der Waals surface area contributed by atoms with Gasteiger partial charge in [0.2, 0.25) is 5.91 Å². The van der Waals surface area contributed by atoms with E-state index in [-0.39, 0.29) is 17.9 Å². The third-order valence-electron chi connectivity index (χ3n) is 5.82. The minimum absolute atomic E-state index is 0.0579. The van der Waals surface area contributed by atoms with Gasteiger partial charge >= 0.3 is 0 Å². The van der Waals surface area contributed by atoms with E-state index in [4.69, 9.17) is 0 Å². The Labute approximate surface area is 151 Å². The molecule has 2 unspecified atom stereocenters. The van der Waals surface area contributed by atoms with Crippen LogP contribution in [0.25, 0.3) is 0 Å². The van der Waals surface area contributed by atoms with Crippen LogP contribution in [-0.2, 0) is 15.0 Å². The number of amides is 1. The van der Waals surface area contributed by atoms with Crippen molar-refractivity contribution in [3.8, 4) is 0 Å². The Morgan fingerprint density at radius 2 is 1.84 bits per heavy atom. The molecule has 3 aliphatic rings. The molecule has 3 heterocycles. The first-order valence-corrected chi connectivity index (χ1v) is 11.1. The molecule has 3 fully saturated rings. The molecule has 8 heteroatoms. The van der Waals surface area contributed by atoms with E-state index in [2.05, 4.69) is 17.6 Å². The zero-order valence-corrected chi connectivity index (χ0v) is 16.1. The molecule has 3 aliphatic heterocycles. The van der Waals surface area contributed by atoms with Crippen molar-refractivity contribution < 1.29 is 13.2 Å². The van der Waals surface area contributed by atoms with Gasteiger partial charge in [0.15, 0.2) is 0 Å². The van der Waals surface area contributed by atoms with E-state index in [1.165, 1.54) is 0 Å². The first-order valence-electron chi connectivity index (χ1n) is 9.73. The Balaban J connectivity index is 1.50. The van der Waals surface area contributed by atoms with Crippen molar-refractivity contribution in [2.45, 2.75) is 51.5 Å². The molecule has 3 saturated heterocycles. The molecule has 2 atom stereocenters. The predicted octanol–water partition coefficient (Wildman–Crippen LogP) is 0.543. The smallest absolute Gasteiger partial charge is 0.281 e. The quantitative estimate of drug-likeness (QED) is 0.738. The molecule has 0 aromatic heterocycles. The second-order valence-electron chi connectivity index (χ2n) is 7.85. The second kappa shape index (κ2) is 8.33. The highest BCUT2D eigenvalue weighted by Gasteiger charge is 2.35. The van der Waals surface area contributed by atoms with E-state index in [1.54, 1.807) is 8.61 Å². The average Bonchev–Trinajstić information content (AvgIpc) is 3.15. The molecule has 0 aliphatic carbocycles. The van der Waals surface area contributed by atoms with Gasteiger partial charge in [0, 0.05) is 32.7 Å². The van der Waals surface area contributed by atoms with Crippen LogP contribution in [0.15, 0.2) is 0 Å². The van der Waals surface area contributed by atoms with Crippen LogP contribution in [0.2, 0.25) is 0 Å². The summed E-state index contributed by atoms with van der Waals surface area (Å²) in [6, 6.07) is -0.0706. The maximum Gasteiger partial charge on any atom is 0.281 e. The maximum atomic E-state index is 12.9. The van der Waals surface area contributed by atoms with Gasteiger partial charge in [-0.15, -0.1) is 0 Å². The van der Waals surface area contributed by atoms with E-state index in [1.807, 2.05) is 0 Å². The molecular weight excluding hydrogens is 340 g/mol. The third-order valence-corrected chi connectivity index (χ3v) is 7.82. The largest absolute Gasteiger partial charge is 0.354 e. The van der Waals surface area contributed by atoms with Gasteiger partial charge in [-0.25, -0.2) is 0 Å². The van der Waals surface area contributed by atoms with Crippen LogP contribution in [0.4, 0.5) is 0 Å². The number of nitrogens with one attached hydrogen (secondary N) is 2. The lowest BCUT2D eigenvalue weighted by Crippen LogP contribution is -2.51. The summed E-state index contributed by atoms with van der Waals surface area (Å²) < 4.78 is 29.1. The summed E-state index contributed by atoms with van der Waals surface area (Å²) in [6.07, 6.45) is 5.67. The van der Waals surface area contributed by atoms with Crippen molar-refractivity contribution in [3.05, 3.63) is 0 Å². The molecule has 2 N–H and O–H groups in total. The fraction of sp³-hybridized carbons (Fsp3) is 0.941. The first kappa shape index (κ1) is 19.1. The van der Waals surface area contributed by atoms with Crippen LogP contribution in [0.3, 0.4) is 0 Å². The number of carbonyl (C=O) groups excluding carboxylic acids is 1. The van der Waals surface area contributed by atoms with Crippen LogP contribution in [0.5, 0.6) is 0 Å². The molecule has 1 amide bonds. The summed E-state index contributed by atoms with van der Waals surface area (Å²) in [5.74, 6) is 0.875. The van der Waals surface area contributed by atoms with E-state index >= 15 is 0 Å². The van der Waals surface area contributed by atoms with Crippen molar-refractivity contribution in [2.75, 3.05) is 39.3 Å². The van der Waals surface area contributed by atoms with Gasteiger partial charge < -0.3 is 10.6 Å². The second-order valence-corrected chi connectivity index (χ2v) is 9.78. The van der Waals surface area contributed by atoms with Crippen molar-refractivity contribution >= 4 is 16.1 Å². The number of piperidine rings is 2. The number of hydrogen-bond acceptors (Lipinski definition) is 4. The fourth-order valence-corrected chi connectivity index (χ4v) is 5.82. The summed E-state index contributed by atoms with van der Waals surface area (Å²) >= 11 is 0. The summed E-state index contributed by atoms with van der Waals surface area (Å²) in [7, 11) is -3.35. The Kier molecular flexibility index (Phi) is 6.35. The average molecular weight is 373 g/mol. The maximum absolute atomic E-state index is 12.9. The highest BCUT2D eigenvalue weighted by molar-refractivity contribution is 7.86. The monoisotopic (exact) mass is 372 g/mol. The Hall–Kier alpha value is -0.700. The predicted molar refractivity (Wildman–Crippen MR) is 97.2 cm³/mol. The first-order chi connectivity index (χ1) is 12.0. The van der Waals surface area contributed by atoms with Crippen LogP contribution >= 0.6 is 0 Å². The van der Waals surface area contributed by atoms with Crippen molar-refractivity contribution in [1.29, 1.82) is 0 Å². The zero-order chi connectivity index (χ0) is 17.9. The highest BCUT2D eigenvalue weighted by Crippen LogP contribution is 2.25. The summed E-state index contributed by atoms with van der Waals surface area (Å²) in [5.41, 5.74) is 0. The molecule has 0 bridgehead atoms. The van der Waals surface area contributed by atoms with Gasteiger partial charge in [0.25, 0.3) is 10.2 Å². The summed E-state index contributed by atoms with van der Waals surface area (Å²) in [5, 5.41) is 6.21. The lowest BCUT2D eigenvalue weighted by Gasteiger charge is -2.37. The lowest BCUT2D eigenvalue weighted by atomic mass is 9.99. The van der Waals surface area contributed by atoms with Crippen LogP contribution in [0, 0.1) is 11.8 Å². The molecule has 0 aromatic rings. The van der Waals surface area contributed by atoms with Crippen molar-refractivity contribution in [3.63, 3.8) is 0 Å². The molecule has 0 radical (unpaired) electrons. The number of rotatable bonds is 5. The van der Waals surface area contributed by atoms with Gasteiger partial charge in [0.05, 0.1) is 6.04 Å². The Bertz CT molecular complexity index is 554. The SMILES string of the molecule is CC1CCN(S(=O)(=O)N2CCCC(CNC(=O)C3CCCN3)C2)CC1. The van der Waals surface area contributed by atoms with E-state index in [9.17, 15) is 13.2 Å². The molecule has 25 heavy (non-hydrogen) atoms. The molecule has 0 saturated carbocycles. The van der Waals surface area contributed by atoms with Crippen molar-refractivity contribution in [1.82, 2.24) is 19.2 Å². The van der Waals surface area contributed by atoms with Gasteiger partial charge in [-0.05, 0) is 56.9 Å². The zero-order valence-electron chi connectivity index (χ0n) is 15.2. The minimum atomic E-state index is -3.35. The summed E-state index contributed by atoms with van der Waals surface area (Å²) in [6.45, 7) is 6.05. The van der Waals surface area contributed by atoms with E-state index < -0.39 is 10.2 Å². The van der Waals surface area contributed by atoms with Crippen molar-refractivity contribution in [2.24, 2.45) is 11.8 Å². The van der Waals surface area contributed by atoms with Crippen LogP contribution < -0.4 is 10.6 Å². The molecule has 7 nitrogen and oxygen atoms in total. The lowest BCUT2D eigenvalue weighted by molar-refractivity contribution is -0.123. The molecule has 0 aromatic carbocycles. The van der Waals surface area contributed by atoms with Gasteiger partial charge in [-0.2, -0.15) is 17.0 Å². The highest BCUT2D eigenvalue weighted by atomic mass is 32.2. The van der Waals surface area contributed by atoms with Crippen LogP contribution in [-0.4, -0.2) is 68.2 Å². The van der Waals surface area contributed by atoms with E-state index in [0.29, 0.717) is 38.6 Å². The molecule has 144 valence electrons.